The number of benzene rings is 3. The number of hydrogen-bond acceptors (Lipinski definition) is 9. The summed E-state index contributed by atoms with van der Waals surface area (Å²) in [6, 6.07) is 4.22. The Balaban J connectivity index is 1.88. The smallest absolute Gasteiger partial charge is 0.422 e. The van der Waals surface area contributed by atoms with E-state index in [9.17, 15) is 42.7 Å². The number of phenols is 1. The predicted octanol–water partition coefficient (Wildman–Crippen LogP) is 5.84. The number of nitro benzene ring substituents is 1. The van der Waals surface area contributed by atoms with Gasteiger partial charge in [-0.15, -0.1) is 0 Å². The Morgan fingerprint density at radius 2 is 1.93 bits per heavy atom. The number of phenolic OH excluding ortho intramolecular Hbond substituents is 1. The molecule has 1 atom stereocenters. The second-order valence-corrected chi connectivity index (χ2v) is 10.6. The van der Waals surface area contributed by atoms with Gasteiger partial charge >= 0.3 is 12.2 Å². The van der Waals surface area contributed by atoms with Crippen molar-refractivity contribution in [2.45, 2.75) is 38.5 Å². The van der Waals surface area contributed by atoms with Gasteiger partial charge in [0.1, 0.15) is 22.9 Å². The van der Waals surface area contributed by atoms with Crippen molar-refractivity contribution in [3.63, 3.8) is 0 Å². The number of alkyl halides is 3. The van der Waals surface area contributed by atoms with Gasteiger partial charge in [0.05, 0.1) is 27.0 Å². The van der Waals surface area contributed by atoms with Crippen LogP contribution >= 0.6 is 0 Å². The zero-order valence-corrected chi connectivity index (χ0v) is 22.6. The average Bonchev–Trinajstić information content (AvgIpc) is 2.90. The molecule has 1 aliphatic heterocycles. The minimum Gasteiger partial charge on any atom is -0.508 e. The lowest BCUT2D eigenvalue weighted by molar-refractivity contribution is -0.384. The summed E-state index contributed by atoms with van der Waals surface area (Å²) in [5.41, 5.74) is -4.57. The minimum atomic E-state index is -4.81. The Hall–Kier alpha value is -4.66. The predicted molar refractivity (Wildman–Crippen MR) is 144 cm³/mol. The number of aliphatic hydroxyl groups is 1. The molecular formula is C28H23F5N4O6. The first-order chi connectivity index (χ1) is 20.1. The van der Waals surface area contributed by atoms with Crippen LogP contribution in [0.2, 0.25) is 0 Å². The quantitative estimate of drug-likeness (QED) is 0.120. The number of ketones is 1. The maximum Gasteiger partial charge on any atom is 0.422 e. The first kappa shape index (κ1) is 29.8. The highest BCUT2D eigenvalue weighted by Gasteiger charge is 2.35. The highest BCUT2D eigenvalue weighted by atomic mass is 19.4. The van der Waals surface area contributed by atoms with Gasteiger partial charge in [-0.3, -0.25) is 14.9 Å². The lowest BCUT2D eigenvalue weighted by atomic mass is 9.90. The van der Waals surface area contributed by atoms with E-state index in [4.69, 9.17) is 4.74 Å². The van der Waals surface area contributed by atoms with Crippen LogP contribution < -0.4 is 9.64 Å². The second kappa shape index (κ2) is 10.6. The molecule has 0 aliphatic carbocycles. The van der Waals surface area contributed by atoms with Gasteiger partial charge in [-0.25, -0.2) is 8.78 Å². The van der Waals surface area contributed by atoms with Crippen molar-refractivity contribution in [2.75, 3.05) is 24.6 Å². The summed E-state index contributed by atoms with van der Waals surface area (Å²) >= 11 is 0. The fraction of sp³-hybridized carbons (Fsp3) is 0.321. The molecule has 2 heterocycles. The number of carbonyl (C=O) groups is 1. The largest absolute Gasteiger partial charge is 0.508 e. The summed E-state index contributed by atoms with van der Waals surface area (Å²) < 4.78 is 75.2. The van der Waals surface area contributed by atoms with Crippen LogP contribution in [-0.4, -0.2) is 62.4 Å². The molecule has 1 aromatic heterocycles. The van der Waals surface area contributed by atoms with Crippen LogP contribution in [0.4, 0.5) is 33.5 Å². The van der Waals surface area contributed by atoms with Crippen LogP contribution in [0.3, 0.4) is 0 Å². The number of rotatable bonds is 6. The molecule has 0 spiro atoms. The number of Topliss-reactive ketones (excluding diaryl/α,β-unsaturated/α-hetero) is 1. The molecule has 3 aromatic carbocycles. The summed E-state index contributed by atoms with van der Waals surface area (Å²) in [6.45, 7) is 0.861. The normalized spacial score (nSPS) is 17.4. The Kier molecular flexibility index (Phi) is 7.32. The summed E-state index contributed by atoms with van der Waals surface area (Å²) in [5.74, 6) is -3.92. The van der Waals surface area contributed by atoms with Gasteiger partial charge in [-0.05, 0) is 50.3 Å². The number of ether oxygens (including phenoxy) is 1. The molecule has 1 fully saturated rings. The molecule has 4 aromatic rings. The number of hydrogen-bond donors (Lipinski definition) is 2. The van der Waals surface area contributed by atoms with E-state index in [2.05, 4.69) is 9.97 Å². The topological polar surface area (TPSA) is 139 Å². The molecule has 1 aliphatic rings. The molecule has 1 unspecified atom stereocenters. The van der Waals surface area contributed by atoms with E-state index in [-0.39, 0.29) is 35.1 Å². The minimum absolute atomic E-state index is 0.0588. The Bertz CT molecular complexity index is 1810. The molecule has 0 saturated carbocycles. The number of nitro groups is 1. The summed E-state index contributed by atoms with van der Waals surface area (Å²) in [4.78, 5) is 33.1. The SMILES string of the molecule is CC(=O)c1c(F)ccc2cc(O)cc(-c3c([N+](=O)[O-])cc4c(N5CCCC(C)(O)C5)nc(OCC(F)(F)F)nc4c3F)c12. The molecule has 43 heavy (non-hydrogen) atoms. The molecular weight excluding hydrogens is 583 g/mol. The maximum atomic E-state index is 16.6. The first-order valence-electron chi connectivity index (χ1n) is 12.9. The van der Waals surface area contributed by atoms with E-state index in [1.165, 1.54) is 17.9 Å². The second-order valence-electron chi connectivity index (χ2n) is 10.6. The number of fused-ring (bicyclic) bond motifs is 2. The number of aromatic nitrogens is 2. The molecule has 15 heteroatoms. The van der Waals surface area contributed by atoms with Gasteiger partial charge in [0.15, 0.2) is 18.2 Å². The number of halogens is 5. The van der Waals surface area contributed by atoms with E-state index in [1.54, 1.807) is 0 Å². The number of anilines is 1. The lowest BCUT2D eigenvalue weighted by Gasteiger charge is -2.38. The standard InChI is InChI=1S/C28H23F5N4O6/c1-13(38)20-18(29)5-4-14-8-15(39)9-16(21(14)20)22-19(37(41)42)10-17-24(23(22)30)34-26(43-12-28(31,32)33)35-25(17)36-7-3-6-27(2,40)11-36/h4-5,8-10,39-40H,3,6-7,11-12H2,1-2H3. The van der Waals surface area contributed by atoms with E-state index >= 15 is 4.39 Å². The van der Waals surface area contributed by atoms with Gasteiger partial charge in [0, 0.05) is 30.1 Å². The Morgan fingerprint density at radius 1 is 1.21 bits per heavy atom. The van der Waals surface area contributed by atoms with Crippen molar-refractivity contribution >= 4 is 39.0 Å². The number of carbonyl (C=O) groups excluding carboxylic acids is 1. The number of aromatic hydroxyl groups is 1. The molecule has 1 saturated heterocycles. The van der Waals surface area contributed by atoms with Crippen molar-refractivity contribution in [1.29, 1.82) is 0 Å². The molecule has 0 radical (unpaired) electrons. The van der Waals surface area contributed by atoms with Crippen LogP contribution in [0.1, 0.15) is 37.0 Å². The summed E-state index contributed by atoms with van der Waals surface area (Å²) in [6.07, 6.45) is -4.02. The summed E-state index contributed by atoms with van der Waals surface area (Å²) in [5, 5.41) is 33.0. The van der Waals surface area contributed by atoms with E-state index in [0.717, 1.165) is 31.2 Å². The Morgan fingerprint density at radius 3 is 2.56 bits per heavy atom. The fourth-order valence-electron chi connectivity index (χ4n) is 5.40. The van der Waals surface area contributed by atoms with Crippen LogP contribution in [-0.2, 0) is 0 Å². The highest BCUT2D eigenvalue weighted by molar-refractivity contribution is 6.14. The van der Waals surface area contributed by atoms with Gasteiger partial charge < -0.3 is 19.8 Å². The van der Waals surface area contributed by atoms with Crippen molar-refractivity contribution in [2.24, 2.45) is 0 Å². The maximum absolute atomic E-state index is 16.6. The van der Waals surface area contributed by atoms with Gasteiger partial charge in [0.2, 0.25) is 0 Å². The number of piperidine rings is 1. The van der Waals surface area contributed by atoms with Crippen LogP contribution in [0, 0.1) is 21.7 Å². The zero-order chi connectivity index (χ0) is 31.4. The summed E-state index contributed by atoms with van der Waals surface area (Å²) in [7, 11) is 0. The van der Waals surface area contributed by atoms with Gasteiger partial charge in [-0.2, -0.15) is 23.1 Å². The monoisotopic (exact) mass is 606 g/mol. The lowest BCUT2D eigenvalue weighted by Crippen LogP contribution is -2.46. The third-order valence-electron chi connectivity index (χ3n) is 7.08. The molecule has 5 rings (SSSR count). The molecule has 10 nitrogen and oxygen atoms in total. The van der Waals surface area contributed by atoms with Crippen LogP contribution in [0.15, 0.2) is 30.3 Å². The highest BCUT2D eigenvalue weighted by Crippen LogP contribution is 2.45. The average molecular weight is 607 g/mol. The molecule has 226 valence electrons. The van der Waals surface area contributed by atoms with Crippen molar-refractivity contribution in [3.05, 3.63) is 57.6 Å². The molecule has 0 bridgehead atoms. The third-order valence-corrected chi connectivity index (χ3v) is 7.08. The molecule has 2 N–H and O–H groups in total. The van der Waals surface area contributed by atoms with E-state index in [1.807, 2.05) is 0 Å². The van der Waals surface area contributed by atoms with Crippen molar-refractivity contribution in [1.82, 2.24) is 9.97 Å². The molecule has 0 amide bonds. The van der Waals surface area contributed by atoms with Gasteiger partial charge in [0.25, 0.3) is 5.69 Å². The zero-order valence-electron chi connectivity index (χ0n) is 22.6. The number of β-amino-alcohol motifs (C(OH)–C–C–N with tert-alkyl or cyclic N) is 1. The fourth-order valence-corrected chi connectivity index (χ4v) is 5.40. The van der Waals surface area contributed by atoms with E-state index < -0.39 is 80.4 Å². The van der Waals surface area contributed by atoms with E-state index in [0.29, 0.717) is 12.8 Å². The van der Waals surface area contributed by atoms with Crippen LogP contribution in [0.5, 0.6) is 11.8 Å². The first-order valence-corrected chi connectivity index (χ1v) is 12.9. The van der Waals surface area contributed by atoms with Crippen molar-refractivity contribution < 1.29 is 46.6 Å². The van der Waals surface area contributed by atoms with Crippen LogP contribution in [0.25, 0.3) is 32.8 Å². The Labute approximate surface area is 239 Å². The third kappa shape index (κ3) is 5.71. The number of nitrogens with zero attached hydrogens (tertiary/aromatic N) is 4. The van der Waals surface area contributed by atoms with Gasteiger partial charge in [-0.1, -0.05) is 6.07 Å². The van der Waals surface area contributed by atoms with Crippen molar-refractivity contribution in [3.8, 4) is 22.9 Å².